The van der Waals surface area contributed by atoms with Gasteiger partial charge in [0.15, 0.2) is 11.5 Å². The number of urea groups is 1. The average molecular weight is 353 g/mol. The quantitative estimate of drug-likeness (QED) is 0.885. The number of carbonyl (C=O) groups is 2. The molecule has 0 aromatic heterocycles. The monoisotopic (exact) mass is 353 g/mol. The summed E-state index contributed by atoms with van der Waals surface area (Å²) in [4.78, 5) is 26.1. The van der Waals surface area contributed by atoms with Crippen molar-refractivity contribution in [3.8, 4) is 11.5 Å². The Morgan fingerprint density at radius 3 is 2.77 bits per heavy atom. The first-order chi connectivity index (χ1) is 12.7. The van der Waals surface area contributed by atoms with Crippen LogP contribution >= 0.6 is 0 Å². The summed E-state index contributed by atoms with van der Waals surface area (Å²) in [6, 6.07) is 14.5. The molecule has 0 saturated carbocycles. The summed E-state index contributed by atoms with van der Waals surface area (Å²) in [5.74, 6) is 1.45. The fourth-order valence-corrected chi connectivity index (χ4v) is 3.16. The minimum Gasteiger partial charge on any atom is -0.454 e. The van der Waals surface area contributed by atoms with Gasteiger partial charge in [-0.3, -0.25) is 4.79 Å². The van der Waals surface area contributed by atoms with Crippen molar-refractivity contribution in [1.29, 1.82) is 0 Å². The summed E-state index contributed by atoms with van der Waals surface area (Å²) < 4.78 is 10.5. The van der Waals surface area contributed by atoms with Crippen LogP contribution in [0.15, 0.2) is 48.5 Å². The summed E-state index contributed by atoms with van der Waals surface area (Å²) in [6.07, 6.45) is 0.430. The van der Waals surface area contributed by atoms with E-state index in [9.17, 15) is 9.59 Å². The molecule has 134 valence electrons. The first kappa shape index (κ1) is 16.3. The number of para-hydroxylation sites is 1. The fraction of sp³-hybridized carbons (Fsp3) is 0.263. The first-order valence-electron chi connectivity index (χ1n) is 8.49. The van der Waals surface area contributed by atoms with Crippen LogP contribution < -0.4 is 25.0 Å². The van der Waals surface area contributed by atoms with Crippen molar-refractivity contribution >= 4 is 23.3 Å². The number of hydrogen-bond donors (Lipinski definition) is 2. The van der Waals surface area contributed by atoms with E-state index in [4.69, 9.17) is 9.47 Å². The van der Waals surface area contributed by atoms with Gasteiger partial charge in [0.05, 0.1) is 0 Å². The number of hydrogen-bond acceptors (Lipinski definition) is 4. The van der Waals surface area contributed by atoms with E-state index >= 15 is 0 Å². The van der Waals surface area contributed by atoms with E-state index in [1.54, 1.807) is 23.1 Å². The van der Waals surface area contributed by atoms with Crippen molar-refractivity contribution in [1.82, 2.24) is 5.32 Å². The molecule has 2 aliphatic heterocycles. The molecule has 7 nitrogen and oxygen atoms in total. The number of nitrogens with one attached hydrogen (secondary N) is 2. The van der Waals surface area contributed by atoms with Gasteiger partial charge in [-0.25, -0.2) is 4.79 Å². The topological polar surface area (TPSA) is 79.9 Å². The van der Waals surface area contributed by atoms with Crippen LogP contribution in [0.25, 0.3) is 0 Å². The highest BCUT2D eigenvalue weighted by Crippen LogP contribution is 2.34. The standard InChI is InChI=1S/C19H19N3O4/c23-18-8-13(11-22(18)15-4-2-1-3-5-15)10-20-19(24)21-14-6-7-16-17(9-14)26-12-25-16/h1-7,9,13H,8,10-12H2,(H2,20,21,24). The van der Waals surface area contributed by atoms with Gasteiger partial charge in [-0.15, -0.1) is 0 Å². The molecular formula is C19H19N3O4. The van der Waals surface area contributed by atoms with Crippen LogP contribution in [0.2, 0.25) is 0 Å². The first-order valence-corrected chi connectivity index (χ1v) is 8.49. The van der Waals surface area contributed by atoms with E-state index < -0.39 is 0 Å². The van der Waals surface area contributed by atoms with E-state index in [0.29, 0.717) is 36.7 Å². The zero-order chi connectivity index (χ0) is 17.9. The predicted octanol–water partition coefficient (Wildman–Crippen LogP) is 2.59. The number of benzene rings is 2. The fourth-order valence-electron chi connectivity index (χ4n) is 3.16. The van der Waals surface area contributed by atoms with Gasteiger partial charge in [0.2, 0.25) is 12.7 Å². The minimum absolute atomic E-state index is 0.0826. The van der Waals surface area contributed by atoms with Crippen LogP contribution in [-0.4, -0.2) is 31.8 Å². The molecule has 1 atom stereocenters. The van der Waals surface area contributed by atoms with Gasteiger partial charge in [0.1, 0.15) is 0 Å². The van der Waals surface area contributed by atoms with Gasteiger partial charge in [0, 0.05) is 42.9 Å². The highest BCUT2D eigenvalue weighted by atomic mass is 16.7. The lowest BCUT2D eigenvalue weighted by atomic mass is 10.1. The number of fused-ring (bicyclic) bond motifs is 1. The van der Waals surface area contributed by atoms with Crippen LogP contribution in [0.4, 0.5) is 16.2 Å². The van der Waals surface area contributed by atoms with Gasteiger partial charge in [-0.1, -0.05) is 18.2 Å². The second-order valence-electron chi connectivity index (χ2n) is 6.31. The smallest absolute Gasteiger partial charge is 0.319 e. The number of carbonyl (C=O) groups excluding carboxylic acids is 2. The molecule has 1 saturated heterocycles. The summed E-state index contributed by atoms with van der Waals surface area (Å²) in [5, 5.41) is 5.60. The molecular weight excluding hydrogens is 334 g/mol. The van der Waals surface area contributed by atoms with Crippen LogP contribution in [-0.2, 0) is 4.79 Å². The molecule has 0 radical (unpaired) electrons. The Morgan fingerprint density at radius 1 is 1.12 bits per heavy atom. The molecule has 26 heavy (non-hydrogen) atoms. The Morgan fingerprint density at radius 2 is 1.92 bits per heavy atom. The number of anilines is 2. The number of rotatable bonds is 4. The highest BCUT2D eigenvalue weighted by molar-refractivity contribution is 5.96. The van der Waals surface area contributed by atoms with E-state index in [2.05, 4.69) is 10.6 Å². The molecule has 7 heteroatoms. The van der Waals surface area contributed by atoms with E-state index in [0.717, 1.165) is 5.69 Å². The van der Waals surface area contributed by atoms with Gasteiger partial charge < -0.3 is 25.0 Å². The lowest BCUT2D eigenvalue weighted by Crippen LogP contribution is -2.34. The van der Waals surface area contributed by atoms with Crippen LogP contribution in [0, 0.1) is 5.92 Å². The molecule has 0 spiro atoms. The zero-order valence-corrected chi connectivity index (χ0v) is 14.1. The third-order valence-electron chi connectivity index (χ3n) is 4.45. The van der Waals surface area contributed by atoms with Gasteiger partial charge in [-0.2, -0.15) is 0 Å². The molecule has 2 heterocycles. The third-order valence-corrected chi connectivity index (χ3v) is 4.45. The zero-order valence-electron chi connectivity index (χ0n) is 14.1. The molecule has 2 N–H and O–H groups in total. The van der Waals surface area contributed by atoms with Crippen molar-refractivity contribution in [2.45, 2.75) is 6.42 Å². The van der Waals surface area contributed by atoms with Crippen LogP contribution in [0.1, 0.15) is 6.42 Å². The molecule has 2 aromatic rings. The van der Waals surface area contributed by atoms with Crippen molar-refractivity contribution in [3.05, 3.63) is 48.5 Å². The molecule has 2 aliphatic rings. The number of ether oxygens (including phenoxy) is 2. The Kier molecular flexibility index (Phi) is 4.35. The lowest BCUT2D eigenvalue weighted by molar-refractivity contribution is -0.117. The summed E-state index contributed by atoms with van der Waals surface area (Å²) in [7, 11) is 0. The van der Waals surface area contributed by atoms with Crippen molar-refractivity contribution in [2.24, 2.45) is 5.92 Å². The molecule has 4 rings (SSSR count). The maximum absolute atomic E-state index is 12.2. The largest absolute Gasteiger partial charge is 0.454 e. The second-order valence-corrected chi connectivity index (χ2v) is 6.31. The highest BCUT2D eigenvalue weighted by Gasteiger charge is 2.30. The van der Waals surface area contributed by atoms with Crippen molar-refractivity contribution < 1.29 is 19.1 Å². The van der Waals surface area contributed by atoms with Crippen molar-refractivity contribution in [2.75, 3.05) is 30.1 Å². The third kappa shape index (κ3) is 3.42. The maximum Gasteiger partial charge on any atom is 0.319 e. The Labute approximate surface area is 150 Å². The van der Waals surface area contributed by atoms with E-state index in [1.165, 1.54) is 0 Å². The molecule has 1 unspecified atom stereocenters. The van der Waals surface area contributed by atoms with E-state index in [-0.39, 0.29) is 24.6 Å². The van der Waals surface area contributed by atoms with Crippen molar-refractivity contribution in [3.63, 3.8) is 0 Å². The Bertz CT molecular complexity index is 825. The summed E-state index contributed by atoms with van der Waals surface area (Å²) in [5.41, 5.74) is 1.52. The molecule has 3 amide bonds. The SMILES string of the molecule is O=C(NCC1CC(=O)N(c2ccccc2)C1)Nc1ccc2c(c1)OCO2. The predicted molar refractivity (Wildman–Crippen MR) is 96.5 cm³/mol. The maximum atomic E-state index is 12.2. The van der Waals surface area contributed by atoms with Crippen LogP contribution in [0.3, 0.4) is 0 Å². The molecule has 0 aliphatic carbocycles. The number of amides is 3. The summed E-state index contributed by atoms with van der Waals surface area (Å²) in [6.45, 7) is 1.23. The molecule has 2 aromatic carbocycles. The minimum atomic E-state index is -0.311. The van der Waals surface area contributed by atoms with Gasteiger partial charge >= 0.3 is 6.03 Å². The molecule has 1 fully saturated rings. The number of nitrogens with zero attached hydrogens (tertiary/aromatic N) is 1. The van der Waals surface area contributed by atoms with Gasteiger partial charge in [-0.05, 0) is 24.3 Å². The normalized spacial score (nSPS) is 18.1. The Balaban J connectivity index is 1.29. The second kappa shape index (κ2) is 6.95. The Hall–Kier alpha value is -3.22. The lowest BCUT2D eigenvalue weighted by Gasteiger charge is -2.17. The molecule has 0 bridgehead atoms. The van der Waals surface area contributed by atoms with Crippen LogP contribution in [0.5, 0.6) is 11.5 Å². The summed E-state index contributed by atoms with van der Waals surface area (Å²) >= 11 is 0. The van der Waals surface area contributed by atoms with E-state index in [1.807, 2.05) is 30.3 Å². The van der Waals surface area contributed by atoms with Gasteiger partial charge in [0.25, 0.3) is 0 Å². The average Bonchev–Trinajstić information content (AvgIpc) is 3.26.